The van der Waals surface area contributed by atoms with Gasteiger partial charge in [-0.15, -0.1) is 0 Å². The van der Waals surface area contributed by atoms with Crippen molar-refractivity contribution in [2.24, 2.45) is 0 Å². The molecule has 9 heteroatoms. The summed E-state index contributed by atoms with van der Waals surface area (Å²) in [6.45, 7) is 5.37. The van der Waals surface area contributed by atoms with Crippen molar-refractivity contribution < 1.29 is 27.9 Å². The first-order valence-electron chi connectivity index (χ1n) is 10.4. The van der Waals surface area contributed by atoms with Crippen molar-refractivity contribution in [1.82, 2.24) is 14.7 Å². The van der Waals surface area contributed by atoms with Gasteiger partial charge in [-0.05, 0) is 36.4 Å². The van der Waals surface area contributed by atoms with Crippen LogP contribution in [0, 0.1) is 5.82 Å². The number of hydrogen-bond acceptors (Lipinski definition) is 6. The SMILES string of the molecule is O=C(CN1CCOCC1)N1CCN(C(=O)c2ccc(COc3ccc(F)cc3)o2)CC1. The second-order valence-corrected chi connectivity index (χ2v) is 7.57. The van der Waals surface area contributed by atoms with Crippen LogP contribution in [0.2, 0.25) is 0 Å². The molecule has 2 aromatic rings. The Morgan fingerprint density at radius 1 is 0.903 bits per heavy atom. The minimum Gasteiger partial charge on any atom is -0.486 e. The lowest BCUT2D eigenvalue weighted by atomic mass is 10.2. The van der Waals surface area contributed by atoms with Crippen molar-refractivity contribution in [3.63, 3.8) is 0 Å². The van der Waals surface area contributed by atoms with Crippen LogP contribution in [0.4, 0.5) is 4.39 Å². The molecule has 2 fully saturated rings. The molecule has 2 amide bonds. The molecule has 2 aliphatic rings. The highest BCUT2D eigenvalue weighted by Crippen LogP contribution is 2.17. The minimum atomic E-state index is -0.332. The highest BCUT2D eigenvalue weighted by Gasteiger charge is 2.27. The van der Waals surface area contributed by atoms with Crippen molar-refractivity contribution in [3.8, 4) is 5.75 Å². The lowest BCUT2D eigenvalue weighted by Crippen LogP contribution is -2.53. The van der Waals surface area contributed by atoms with Gasteiger partial charge >= 0.3 is 0 Å². The third-order valence-corrected chi connectivity index (χ3v) is 5.45. The Morgan fingerprint density at radius 2 is 1.58 bits per heavy atom. The van der Waals surface area contributed by atoms with E-state index in [0.717, 1.165) is 13.1 Å². The summed E-state index contributed by atoms with van der Waals surface area (Å²) < 4.78 is 29.4. The first kappa shape index (κ1) is 21.3. The Labute approximate surface area is 180 Å². The molecule has 0 saturated carbocycles. The molecular weight excluding hydrogens is 405 g/mol. The smallest absolute Gasteiger partial charge is 0.289 e. The summed E-state index contributed by atoms with van der Waals surface area (Å²) in [4.78, 5) is 30.9. The first-order valence-corrected chi connectivity index (χ1v) is 10.4. The average molecular weight is 431 g/mol. The van der Waals surface area contributed by atoms with Gasteiger partial charge in [-0.2, -0.15) is 0 Å². The van der Waals surface area contributed by atoms with Crippen LogP contribution in [-0.4, -0.2) is 85.5 Å². The van der Waals surface area contributed by atoms with Crippen molar-refractivity contribution in [2.75, 3.05) is 59.0 Å². The summed E-state index contributed by atoms with van der Waals surface area (Å²) in [5.41, 5.74) is 0. The van der Waals surface area contributed by atoms with Gasteiger partial charge in [0.05, 0.1) is 19.8 Å². The van der Waals surface area contributed by atoms with E-state index < -0.39 is 0 Å². The van der Waals surface area contributed by atoms with Crippen LogP contribution >= 0.6 is 0 Å². The number of amides is 2. The van der Waals surface area contributed by atoms with E-state index >= 15 is 0 Å². The molecule has 2 saturated heterocycles. The van der Waals surface area contributed by atoms with E-state index in [2.05, 4.69) is 4.90 Å². The van der Waals surface area contributed by atoms with Crippen LogP contribution in [0.15, 0.2) is 40.8 Å². The average Bonchev–Trinajstić information content (AvgIpc) is 3.28. The van der Waals surface area contributed by atoms with Crippen LogP contribution < -0.4 is 4.74 Å². The van der Waals surface area contributed by atoms with Gasteiger partial charge in [0.1, 0.15) is 23.9 Å². The molecule has 1 aromatic carbocycles. The van der Waals surface area contributed by atoms with Crippen molar-refractivity contribution in [2.45, 2.75) is 6.61 Å². The summed E-state index contributed by atoms with van der Waals surface area (Å²) in [5, 5.41) is 0. The maximum absolute atomic E-state index is 12.9. The number of morpholine rings is 1. The Hall–Kier alpha value is -2.91. The number of rotatable bonds is 6. The first-order chi connectivity index (χ1) is 15.1. The van der Waals surface area contributed by atoms with Gasteiger partial charge in [-0.3, -0.25) is 14.5 Å². The Bertz CT molecular complexity index is 887. The van der Waals surface area contributed by atoms with Gasteiger partial charge in [0.2, 0.25) is 5.91 Å². The maximum Gasteiger partial charge on any atom is 0.289 e. The Morgan fingerprint density at radius 3 is 2.29 bits per heavy atom. The summed E-state index contributed by atoms with van der Waals surface area (Å²) in [7, 11) is 0. The molecule has 0 spiro atoms. The summed E-state index contributed by atoms with van der Waals surface area (Å²) in [6.07, 6.45) is 0. The van der Waals surface area contributed by atoms with Gasteiger partial charge < -0.3 is 23.7 Å². The molecule has 0 bridgehead atoms. The van der Waals surface area contributed by atoms with E-state index in [4.69, 9.17) is 13.9 Å². The lowest BCUT2D eigenvalue weighted by molar-refractivity contribution is -0.134. The number of hydrogen-bond donors (Lipinski definition) is 0. The molecule has 3 heterocycles. The zero-order valence-corrected chi connectivity index (χ0v) is 17.3. The molecule has 0 radical (unpaired) electrons. The zero-order chi connectivity index (χ0) is 21.6. The molecule has 1 aromatic heterocycles. The van der Waals surface area contributed by atoms with Crippen LogP contribution in [0.5, 0.6) is 5.75 Å². The van der Waals surface area contributed by atoms with E-state index in [1.54, 1.807) is 17.0 Å². The Balaban J connectivity index is 1.24. The summed E-state index contributed by atoms with van der Waals surface area (Å²) in [5.74, 6) is 0.822. The number of halogens is 1. The molecule has 166 valence electrons. The quantitative estimate of drug-likeness (QED) is 0.692. The molecule has 0 aliphatic carbocycles. The summed E-state index contributed by atoms with van der Waals surface area (Å²) >= 11 is 0. The molecule has 0 unspecified atom stereocenters. The lowest BCUT2D eigenvalue weighted by Gasteiger charge is -2.36. The fourth-order valence-electron chi connectivity index (χ4n) is 3.62. The van der Waals surface area contributed by atoms with Crippen LogP contribution in [0.25, 0.3) is 0 Å². The van der Waals surface area contributed by atoms with Crippen molar-refractivity contribution >= 4 is 11.8 Å². The highest BCUT2D eigenvalue weighted by molar-refractivity contribution is 5.91. The van der Waals surface area contributed by atoms with Crippen LogP contribution in [0.1, 0.15) is 16.3 Å². The molecule has 31 heavy (non-hydrogen) atoms. The number of carbonyl (C=O) groups excluding carboxylic acids is 2. The number of piperazine rings is 1. The van der Waals surface area contributed by atoms with E-state index in [1.165, 1.54) is 24.3 Å². The van der Waals surface area contributed by atoms with Gasteiger partial charge in [-0.25, -0.2) is 4.39 Å². The molecule has 8 nitrogen and oxygen atoms in total. The third kappa shape index (κ3) is 5.62. The van der Waals surface area contributed by atoms with E-state index in [1.807, 2.05) is 4.90 Å². The molecule has 2 aliphatic heterocycles. The number of nitrogens with zero attached hydrogens (tertiary/aromatic N) is 3. The van der Waals surface area contributed by atoms with Gasteiger partial charge in [-0.1, -0.05) is 0 Å². The van der Waals surface area contributed by atoms with E-state index in [-0.39, 0.29) is 30.0 Å². The van der Waals surface area contributed by atoms with Crippen molar-refractivity contribution in [3.05, 3.63) is 53.7 Å². The zero-order valence-electron chi connectivity index (χ0n) is 17.3. The van der Waals surface area contributed by atoms with E-state index in [9.17, 15) is 14.0 Å². The predicted octanol–water partition coefficient (Wildman–Crippen LogP) is 1.61. The molecule has 0 atom stereocenters. The fraction of sp³-hybridized carbons (Fsp3) is 0.455. The van der Waals surface area contributed by atoms with Crippen LogP contribution in [0.3, 0.4) is 0 Å². The van der Waals surface area contributed by atoms with Gasteiger partial charge in [0.15, 0.2) is 5.76 Å². The van der Waals surface area contributed by atoms with Crippen molar-refractivity contribution in [1.29, 1.82) is 0 Å². The normalized spacial score (nSPS) is 17.6. The predicted molar refractivity (Wildman–Crippen MR) is 109 cm³/mol. The number of furan rings is 1. The minimum absolute atomic E-state index is 0.0900. The van der Waals surface area contributed by atoms with Gasteiger partial charge in [0.25, 0.3) is 5.91 Å². The molecule has 0 N–H and O–H groups in total. The van der Waals surface area contributed by atoms with E-state index in [0.29, 0.717) is 57.4 Å². The number of ether oxygens (including phenoxy) is 2. The standard InChI is InChI=1S/C22H26FN3O5/c23-17-1-3-18(4-2-17)30-16-19-5-6-20(31-19)22(28)26-9-7-25(8-10-26)21(27)15-24-11-13-29-14-12-24/h1-6H,7-16H2. The van der Waals surface area contributed by atoms with Crippen LogP contribution in [-0.2, 0) is 16.1 Å². The molecular formula is C22H26FN3O5. The summed E-state index contributed by atoms with van der Waals surface area (Å²) in [6, 6.07) is 9.02. The maximum atomic E-state index is 12.9. The monoisotopic (exact) mass is 431 g/mol. The third-order valence-electron chi connectivity index (χ3n) is 5.45. The Kier molecular flexibility index (Phi) is 6.83. The largest absolute Gasteiger partial charge is 0.486 e. The highest BCUT2D eigenvalue weighted by atomic mass is 19.1. The molecule has 4 rings (SSSR count). The fourth-order valence-corrected chi connectivity index (χ4v) is 3.62. The number of benzene rings is 1. The topological polar surface area (TPSA) is 75.5 Å². The second-order valence-electron chi connectivity index (χ2n) is 7.57. The van der Waals surface area contributed by atoms with Gasteiger partial charge in [0, 0.05) is 39.3 Å². The number of carbonyl (C=O) groups is 2. The second kappa shape index (κ2) is 9.93.